The fraction of sp³-hybridized carbons (Fsp3) is 0.708. The number of nitrogen functional groups attached to an aromatic ring is 1. The topological polar surface area (TPSA) is 132 Å². The molecule has 180 valence electrons. The van der Waals surface area contributed by atoms with E-state index in [2.05, 4.69) is 10.1 Å². The molecule has 1 spiro atoms. The summed E-state index contributed by atoms with van der Waals surface area (Å²) in [6, 6.07) is 3.48. The first-order chi connectivity index (χ1) is 15.8. The van der Waals surface area contributed by atoms with E-state index in [0.29, 0.717) is 34.8 Å². The average molecular weight is 459 g/mol. The first-order valence-corrected chi connectivity index (χ1v) is 12.1. The first-order valence-electron chi connectivity index (χ1n) is 12.1. The third kappa shape index (κ3) is 4.00. The summed E-state index contributed by atoms with van der Waals surface area (Å²) >= 11 is 0. The second-order valence-electron chi connectivity index (χ2n) is 10.4. The van der Waals surface area contributed by atoms with Crippen LogP contribution in [0.15, 0.2) is 18.5 Å². The highest BCUT2D eigenvalue weighted by atomic mass is 16.6. The van der Waals surface area contributed by atoms with E-state index in [4.69, 9.17) is 15.2 Å². The van der Waals surface area contributed by atoms with Crippen LogP contribution in [0.4, 0.5) is 5.82 Å². The highest BCUT2D eigenvalue weighted by Gasteiger charge is 2.54. The molecule has 9 nitrogen and oxygen atoms in total. The summed E-state index contributed by atoms with van der Waals surface area (Å²) in [5, 5.41) is 25.7. The van der Waals surface area contributed by atoms with Crippen LogP contribution in [0.25, 0.3) is 5.52 Å². The Bertz CT molecular complexity index is 1010. The lowest BCUT2D eigenvalue weighted by molar-refractivity contribution is -0.153. The number of rotatable bonds is 5. The van der Waals surface area contributed by atoms with Crippen molar-refractivity contribution in [3.8, 4) is 0 Å². The largest absolute Gasteiger partial charge is 0.463 e. The lowest BCUT2D eigenvalue weighted by atomic mass is 9.69. The normalized spacial score (nSPS) is 32.0. The van der Waals surface area contributed by atoms with Crippen LogP contribution in [0.1, 0.15) is 70.4 Å². The lowest BCUT2D eigenvalue weighted by Gasteiger charge is -2.37. The molecule has 2 aromatic rings. The first kappa shape index (κ1) is 22.6. The number of carbonyl (C=O) groups is 1. The Labute approximate surface area is 193 Å². The Morgan fingerprint density at radius 2 is 1.97 bits per heavy atom. The maximum absolute atomic E-state index is 12.5. The fourth-order valence-corrected chi connectivity index (χ4v) is 6.25. The third-order valence-electron chi connectivity index (χ3n) is 8.35. The van der Waals surface area contributed by atoms with Crippen LogP contribution in [0.3, 0.4) is 0 Å². The van der Waals surface area contributed by atoms with E-state index in [1.54, 1.807) is 23.6 Å². The number of anilines is 1. The van der Waals surface area contributed by atoms with Crippen molar-refractivity contribution in [2.75, 3.05) is 12.3 Å². The predicted molar refractivity (Wildman–Crippen MR) is 120 cm³/mol. The summed E-state index contributed by atoms with van der Waals surface area (Å²) in [5.74, 6) is 0.404. The van der Waals surface area contributed by atoms with Gasteiger partial charge in [-0.15, -0.1) is 0 Å². The van der Waals surface area contributed by atoms with Crippen LogP contribution in [0, 0.1) is 11.3 Å². The molecule has 4 atom stereocenters. The molecule has 0 aromatic carbocycles. The van der Waals surface area contributed by atoms with E-state index >= 15 is 0 Å². The van der Waals surface area contributed by atoms with Gasteiger partial charge in [-0.05, 0) is 68.9 Å². The summed E-state index contributed by atoms with van der Waals surface area (Å²) in [4.78, 5) is 16.5. The van der Waals surface area contributed by atoms with Crippen LogP contribution in [0.2, 0.25) is 0 Å². The van der Waals surface area contributed by atoms with Crippen LogP contribution in [-0.4, -0.2) is 55.7 Å². The smallest absolute Gasteiger partial charge is 0.306 e. The molecule has 33 heavy (non-hydrogen) atoms. The van der Waals surface area contributed by atoms with E-state index < -0.39 is 23.9 Å². The summed E-state index contributed by atoms with van der Waals surface area (Å²) in [5.41, 5.74) is 6.33. The van der Waals surface area contributed by atoms with E-state index in [-0.39, 0.29) is 12.6 Å². The molecule has 1 aliphatic heterocycles. The number of hydrogen-bond donors (Lipinski definition) is 3. The van der Waals surface area contributed by atoms with Crippen LogP contribution in [0.5, 0.6) is 0 Å². The molecular formula is C24H34N4O5. The summed E-state index contributed by atoms with van der Waals surface area (Å²) in [6.07, 6.45) is 8.45. The van der Waals surface area contributed by atoms with E-state index in [1.807, 2.05) is 0 Å². The van der Waals surface area contributed by atoms with Gasteiger partial charge in [-0.2, -0.15) is 5.10 Å². The van der Waals surface area contributed by atoms with Crippen LogP contribution in [-0.2, 0) is 19.9 Å². The minimum atomic E-state index is -1.25. The SMILES string of the molecule is C[C@@]1(c2ccc3c(N)ncnn23)O[C@H](COC(=O)CC2CCC3(CCCC3)CC2)[C@@H](O)[C@H]1O. The Morgan fingerprint density at radius 3 is 2.70 bits per heavy atom. The highest BCUT2D eigenvalue weighted by Crippen LogP contribution is 2.50. The monoisotopic (exact) mass is 458 g/mol. The second-order valence-corrected chi connectivity index (χ2v) is 10.4. The molecule has 3 aliphatic rings. The summed E-state index contributed by atoms with van der Waals surface area (Å²) in [7, 11) is 0. The second kappa shape index (κ2) is 8.52. The molecule has 9 heteroatoms. The number of aliphatic hydroxyl groups excluding tert-OH is 2. The molecule has 1 saturated heterocycles. The number of esters is 1. The van der Waals surface area contributed by atoms with Gasteiger partial charge in [0.2, 0.25) is 0 Å². The quantitative estimate of drug-likeness (QED) is 0.582. The molecule has 0 radical (unpaired) electrons. The molecule has 0 amide bonds. The van der Waals surface area contributed by atoms with Crippen molar-refractivity contribution in [1.82, 2.24) is 14.6 Å². The number of nitrogens with two attached hydrogens (primary N) is 1. The molecule has 2 aromatic heterocycles. The van der Waals surface area contributed by atoms with Gasteiger partial charge in [0.15, 0.2) is 5.82 Å². The van der Waals surface area contributed by atoms with Crippen molar-refractivity contribution in [2.24, 2.45) is 11.3 Å². The van der Waals surface area contributed by atoms with Crippen molar-refractivity contribution in [3.63, 3.8) is 0 Å². The molecule has 4 N–H and O–H groups in total. The molecule has 5 rings (SSSR count). The standard InChI is InChI=1S/C24H34N4O5/c1-23(18-5-4-16-22(25)26-14-27-28(16)18)21(31)20(30)17(33-23)13-32-19(29)12-15-6-10-24(11-7-15)8-2-3-9-24/h4-5,14-15,17,20-21,30-31H,2-3,6-13H2,1H3,(H2,25,26,27)/t17-,20-,21-,23+/m1/s1. The third-order valence-corrected chi connectivity index (χ3v) is 8.35. The van der Waals surface area contributed by atoms with Gasteiger partial charge in [-0.3, -0.25) is 4.79 Å². The van der Waals surface area contributed by atoms with E-state index in [0.717, 1.165) is 12.8 Å². The number of ether oxygens (including phenoxy) is 2. The van der Waals surface area contributed by atoms with Crippen LogP contribution < -0.4 is 5.73 Å². The number of nitrogens with zero attached hydrogens (tertiary/aromatic N) is 3. The predicted octanol–water partition coefficient (Wildman–Crippen LogP) is 2.33. The zero-order valence-corrected chi connectivity index (χ0v) is 19.2. The zero-order chi connectivity index (χ0) is 23.2. The number of carbonyl (C=O) groups excluding carboxylic acids is 1. The molecule has 3 fully saturated rings. The summed E-state index contributed by atoms with van der Waals surface area (Å²) < 4.78 is 13.1. The lowest BCUT2D eigenvalue weighted by Crippen LogP contribution is -2.39. The molecule has 0 unspecified atom stereocenters. The van der Waals surface area contributed by atoms with Gasteiger partial charge < -0.3 is 25.4 Å². The maximum Gasteiger partial charge on any atom is 0.306 e. The Morgan fingerprint density at radius 1 is 1.24 bits per heavy atom. The number of hydrogen-bond acceptors (Lipinski definition) is 8. The highest BCUT2D eigenvalue weighted by molar-refractivity contribution is 5.69. The van der Waals surface area contributed by atoms with Gasteiger partial charge in [0, 0.05) is 6.42 Å². The minimum absolute atomic E-state index is 0.107. The van der Waals surface area contributed by atoms with Crippen molar-refractivity contribution in [1.29, 1.82) is 0 Å². The Kier molecular flexibility index (Phi) is 5.83. The number of aromatic nitrogens is 3. The molecule has 2 aliphatic carbocycles. The van der Waals surface area contributed by atoms with Gasteiger partial charge in [-0.25, -0.2) is 9.50 Å². The maximum atomic E-state index is 12.5. The van der Waals surface area contributed by atoms with Crippen molar-refractivity contribution in [3.05, 3.63) is 24.2 Å². The van der Waals surface area contributed by atoms with Crippen molar-refractivity contribution >= 4 is 17.3 Å². The molecular weight excluding hydrogens is 424 g/mol. The summed E-state index contributed by atoms with van der Waals surface area (Å²) in [6.45, 7) is 1.58. The molecule has 3 heterocycles. The van der Waals surface area contributed by atoms with Gasteiger partial charge in [-0.1, -0.05) is 12.8 Å². The average Bonchev–Trinajstić information content (AvgIpc) is 3.50. The minimum Gasteiger partial charge on any atom is -0.463 e. The van der Waals surface area contributed by atoms with Gasteiger partial charge in [0.1, 0.15) is 42.4 Å². The fourth-order valence-electron chi connectivity index (χ4n) is 6.25. The van der Waals surface area contributed by atoms with E-state index in [1.165, 1.54) is 44.9 Å². The van der Waals surface area contributed by atoms with E-state index in [9.17, 15) is 15.0 Å². The van der Waals surface area contributed by atoms with Crippen molar-refractivity contribution < 1.29 is 24.5 Å². The van der Waals surface area contributed by atoms with Gasteiger partial charge in [0.05, 0.1) is 5.69 Å². The Balaban J connectivity index is 1.18. The Hall–Kier alpha value is -2.23. The number of aliphatic hydroxyl groups is 2. The van der Waals surface area contributed by atoms with Crippen LogP contribution >= 0.6 is 0 Å². The van der Waals surface area contributed by atoms with Crippen molar-refractivity contribution in [2.45, 2.75) is 88.6 Å². The number of fused-ring (bicyclic) bond motifs is 1. The van der Waals surface area contributed by atoms with Gasteiger partial charge in [0.25, 0.3) is 0 Å². The van der Waals surface area contributed by atoms with Gasteiger partial charge >= 0.3 is 5.97 Å². The molecule has 0 bridgehead atoms. The molecule has 2 saturated carbocycles. The zero-order valence-electron chi connectivity index (χ0n) is 19.2.